The van der Waals surface area contributed by atoms with E-state index < -0.39 is 0 Å². The van der Waals surface area contributed by atoms with Gasteiger partial charge in [-0.25, -0.2) is 4.99 Å². The van der Waals surface area contributed by atoms with Gasteiger partial charge in [-0.3, -0.25) is 0 Å². The van der Waals surface area contributed by atoms with Crippen molar-refractivity contribution in [2.75, 3.05) is 11.9 Å². The van der Waals surface area contributed by atoms with Gasteiger partial charge in [0.05, 0.1) is 12.2 Å². The Bertz CT molecular complexity index is 1210. The van der Waals surface area contributed by atoms with Gasteiger partial charge in [0, 0.05) is 12.4 Å². The van der Waals surface area contributed by atoms with Crippen molar-refractivity contribution in [3.8, 4) is 0 Å². The number of anilines is 1. The third kappa shape index (κ3) is 2.71. The van der Waals surface area contributed by atoms with Crippen molar-refractivity contribution in [3.05, 3.63) is 89.5 Å². The highest BCUT2D eigenvalue weighted by molar-refractivity contribution is 6.06. The number of fused-ring (bicyclic) bond motifs is 1. The fraction of sp³-hybridized carbons (Fsp3) is 0.160. The van der Waals surface area contributed by atoms with Gasteiger partial charge in [-0.1, -0.05) is 66.7 Å². The van der Waals surface area contributed by atoms with Gasteiger partial charge in [0.2, 0.25) is 0 Å². The Hall–Kier alpha value is -3.33. The molecule has 0 saturated carbocycles. The lowest BCUT2D eigenvalue weighted by Crippen LogP contribution is -2.34. The highest BCUT2D eigenvalue weighted by atomic mass is 15.2. The highest BCUT2D eigenvalue weighted by Crippen LogP contribution is 2.36. The van der Waals surface area contributed by atoms with Crippen LogP contribution in [0.25, 0.3) is 21.5 Å². The van der Waals surface area contributed by atoms with Crippen LogP contribution in [0, 0.1) is 0 Å². The molecule has 0 aliphatic heterocycles. The van der Waals surface area contributed by atoms with E-state index in [-0.39, 0.29) is 0 Å². The zero-order chi connectivity index (χ0) is 19.1. The molecule has 2 N–H and O–H groups in total. The smallest absolute Gasteiger partial charge is 0.195 e. The van der Waals surface area contributed by atoms with Gasteiger partial charge in [0.1, 0.15) is 0 Å². The average molecular weight is 365 g/mol. The Morgan fingerprint density at radius 3 is 2.46 bits per heavy atom. The molecule has 0 saturated heterocycles. The second kappa shape index (κ2) is 6.68. The van der Waals surface area contributed by atoms with E-state index in [0.29, 0.717) is 12.5 Å². The third-order valence-electron chi connectivity index (χ3n) is 5.85. The number of aliphatic imine (C=N–C) groups is 1. The van der Waals surface area contributed by atoms with E-state index in [1.165, 1.54) is 38.2 Å². The molecular formula is C25H23N3. The molecule has 0 unspecified atom stereocenters. The number of nitrogens with two attached hydrogens (primary N) is 1. The standard InChI is InChI=1S/C25H23N3/c1-28(23-15-14-19-13-12-18-8-5-11-22(23)24(18)19)25(26)27-16-20-9-4-7-17-6-2-3-10-21(17)20/h2-11,14-15H,12-13,16H2,1H3,(H2,26,27). The predicted molar refractivity (Wildman–Crippen MR) is 119 cm³/mol. The molecule has 0 fully saturated rings. The molecule has 0 atom stereocenters. The van der Waals surface area contributed by atoms with E-state index >= 15 is 0 Å². The van der Waals surface area contributed by atoms with E-state index in [1.807, 2.05) is 11.9 Å². The molecule has 0 bridgehead atoms. The topological polar surface area (TPSA) is 41.6 Å². The maximum atomic E-state index is 6.40. The summed E-state index contributed by atoms with van der Waals surface area (Å²) in [7, 11) is 2.00. The first-order chi connectivity index (χ1) is 13.7. The minimum absolute atomic E-state index is 0.534. The fourth-order valence-electron chi connectivity index (χ4n) is 4.35. The number of guanidine groups is 1. The second-order valence-corrected chi connectivity index (χ2v) is 7.46. The molecule has 0 aromatic heterocycles. The summed E-state index contributed by atoms with van der Waals surface area (Å²) in [6.07, 6.45) is 2.26. The number of hydrogen-bond donors (Lipinski definition) is 1. The van der Waals surface area contributed by atoms with Gasteiger partial charge in [0.15, 0.2) is 5.96 Å². The van der Waals surface area contributed by atoms with Crippen LogP contribution in [0.15, 0.2) is 77.8 Å². The number of rotatable bonds is 3. The summed E-state index contributed by atoms with van der Waals surface area (Å²) in [5.41, 5.74) is 11.6. The molecule has 5 rings (SSSR count). The van der Waals surface area contributed by atoms with Crippen molar-refractivity contribution in [2.24, 2.45) is 10.7 Å². The van der Waals surface area contributed by atoms with Crippen LogP contribution in [-0.2, 0) is 19.4 Å². The third-order valence-corrected chi connectivity index (χ3v) is 5.85. The Labute approximate surface area is 165 Å². The number of nitrogens with zero attached hydrogens (tertiary/aromatic N) is 2. The van der Waals surface area contributed by atoms with Gasteiger partial charge < -0.3 is 10.6 Å². The number of hydrogen-bond acceptors (Lipinski definition) is 1. The molecule has 0 amide bonds. The normalized spacial score (nSPS) is 13.4. The molecule has 28 heavy (non-hydrogen) atoms. The molecular weight excluding hydrogens is 342 g/mol. The lowest BCUT2D eigenvalue weighted by Gasteiger charge is -2.21. The van der Waals surface area contributed by atoms with Gasteiger partial charge >= 0.3 is 0 Å². The molecule has 0 radical (unpaired) electrons. The van der Waals surface area contributed by atoms with Crippen LogP contribution in [0.4, 0.5) is 5.69 Å². The molecule has 1 aliphatic carbocycles. The zero-order valence-electron chi connectivity index (χ0n) is 16.0. The van der Waals surface area contributed by atoms with Gasteiger partial charge in [-0.2, -0.15) is 0 Å². The monoisotopic (exact) mass is 365 g/mol. The van der Waals surface area contributed by atoms with Crippen LogP contribution >= 0.6 is 0 Å². The van der Waals surface area contributed by atoms with E-state index in [0.717, 1.165) is 18.5 Å². The summed E-state index contributed by atoms with van der Waals surface area (Å²) in [5, 5.41) is 5.12. The minimum Gasteiger partial charge on any atom is -0.370 e. The van der Waals surface area contributed by atoms with Crippen molar-refractivity contribution in [3.63, 3.8) is 0 Å². The van der Waals surface area contributed by atoms with E-state index in [9.17, 15) is 0 Å². The van der Waals surface area contributed by atoms with Crippen LogP contribution in [0.5, 0.6) is 0 Å². The van der Waals surface area contributed by atoms with E-state index in [2.05, 4.69) is 72.8 Å². The zero-order valence-corrected chi connectivity index (χ0v) is 16.0. The van der Waals surface area contributed by atoms with Crippen molar-refractivity contribution >= 4 is 33.2 Å². The summed E-state index contributed by atoms with van der Waals surface area (Å²) >= 11 is 0. The first-order valence-corrected chi connectivity index (χ1v) is 9.76. The van der Waals surface area contributed by atoms with E-state index in [1.54, 1.807) is 0 Å². The molecule has 3 nitrogen and oxygen atoms in total. The predicted octanol–water partition coefficient (Wildman–Crippen LogP) is 5.04. The second-order valence-electron chi connectivity index (χ2n) is 7.46. The van der Waals surface area contributed by atoms with Gasteiger partial charge in [-0.15, -0.1) is 0 Å². The first kappa shape index (κ1) is 16.8. The molecule has 3 heteroatoms. The summed E-state index contributed by atoms with van der Waals surface area (Å²) in [6.45, 7) is 0.568. The largest absolute Gasteiger partial charge is 0.370 e. The Morgan fingerprint density at radius 1 is 0.857 bits per heavy atom. The van der Waals surface area contributed by atoms with Crippen molar-refractivity contribution in [2.45, 2.75) is 19.4 Å². The van der Waals surface area contributed by atoms with E-state index in [4.69, 9.17) is 10.7 Å². The molecule has 0 heterocycles. The lowest BCUT2D eigenvalue weighted by molar-refractivity contribution is 1.02. The van der Waals surface area contributed by atoms with Gasteiger partial charge in [-0.05, 0) is 51.8 Å². The summed E-state index contributed by atoms with van der Waals surface area (Å²) in [6, 6.07) is 25.7. The molecule has 1 aliphatic rings. The summed E-state index contributed by atoms with van der Waals surface area (Å²) < 4.78 is 0. The SMILES string of the molecule is CN(C(N)=NCc1cccc2ccccc12)c1ccc2c3c(cccc13)CC2. The summed E-state index contributed by atoms with van der Waals surface area (Å²) in [5.74, 6) is 0.534. The fourth-order valence-corrected chi connectivity index (χ4v) is 4.35. The van der Waals surface area contributed by atoms with Crippen molar-refractivity contribution in [1.29, 1.82) is 0 Å². The molecule has 138 valence electrons. The van der Waals surface area contributed by atoms with Crippen molar-refractivity contribution < 1.29 is 0 Å². The quantitative estimate of drug-likeness (QED) is 0.408. The number of benzene rings is 4. The maximum absolute atomic E-state index is 6.40. The van der Waals surface area contributed by atoms with Crippen LogP contribution in [0.3, 0.4) is 0 Å². The molecule has 0 spiro atoms. The average Bonchev–Trinajstić information content (AvgIpc) is 3.17. The molecule has 4 aromatic carbocycles. The summed E-state index contributed by atoms with van der Waals surface area (Å²) in [4.78, 5) is 6.71. The molecule has 4 aromatic rings. The Kier molecular flexibility index (Phi) is 4.01. The maximum Gasteiger partial charge on any atom is 0.195 e. The van der Waals surface area contributed by atoms with Crippen LogP contribution < -0.4 is 10.6 Å². The highest BCUT2D eigenvalue weighted by Gasteiger charge is 2.18. The van der Waals surface area contributed by atoms with Crippen molar-refractivity contribution in [1.82, 2.24) is 0 Å². The van der Waals surface area contributed by atoms with Crippen LogP contribution in [-0.4, -0.2) is 13.0 Å². The van der Waals surface area contributed by atoms with Crippen LogP contribution in [0.2, 0.25) is 0 Å². The number of aryl methyl sites for hydroxylation is 2. The lowest BCUT2D eigenvalue weighted by atomic mass is 10.0. The van der Waals surface area contributed by atoms with Crippen LogP contribution in [0.1, 0.15) is 16.7 Å². The Balaban J connectivity index is 1.49. The first-order valence-electron chi connectivity index (χ1n) is 9.76. The minimum atomic E-state index is 0.534. The van der Waals surface area contributed by atoms with Gasteiger partial charge in [0.25, 0.3) is 0 Å². The Morgan fingerprint density at radius 2 is 1.57 bits per heavy atom.